The molecule has 0 bridgehead atoms. The minimum Gasteiger partial charge on any atom is -0.496 e. The van der Waals surface area contributed by atoms with Crippen LogP contribution >= 0.6 is 0 Å². The Labute approximate surface area is 196 Å². The molecule has 3 aromatic rings. The summed E-state index contributed by atoms with van der Waals surface area (Å²) >= 11 is 0. The van der Waals surface area contributed by atoms with Crippen molar-refractivity contribution in [1.29, 1.82) is 0 Å². The average molecular weight is 467 g/mol. The lowest BCUT2D eigenvalue weighted by atomic mass is 10.00. The van der Waals surface area contributed by atoms with Crippen LogP contribution in [-0.4, -0.2) is 21.4 Å². The lowest BCUT2D eigenvalue weighted by molar-refractivity contribution is 0.0935. The van der Waals surface area contributed by atoms with Crippen molar-refractivity contribution in [3.05, 3.63) is 88.5 Å². The molecule has 0 unspecified atom stereocenters. The SMILES string of the molecule is CC[C@H](NC(=O)c1cccc(NS(=O)(=O)c2ccc(C)cc2)c1C)c1ccc(OC)c(C)c1. The van der Waals surface area contributed by atoms with Crippen LogP contribution in [0.25, 0.3) is 0 Å². The maximum Gasteiger partial charge on any atom is 0.261 e. The largest absolute Gasteiger partial charge is 0.496 e. The first-order valence-corrected chi connectivity index (χ1v) is 12.3. The van der Waals surface area contributed by atoms with Gasteiger partial charge in [-0.25, -0.2) is 8.42 Å². The maximum atomic E-state index is 13.1. The van der Waals surface area contributed by atoms with E-state index in [-0.39, 0.29) is 16.8 Å². The molecule has 2 N–H and O–H groups in total. The van der Waals surface area contributed by atoms with Crippen LogP contribution in [0.4, 0.5) is 5.69 Å². The van der Waals surface area contributed by atoms with Gasteiger partial charge >= 0.3 is 0 Å². The fourth-order valence-corrected chi connectivity index (χ4v) is 4.81. The zero-order valence-electron chi connectivity index (χ0n) is 19.6. The molecular formula is C26H30N2O4S. The highest BCUT2D eigenvalue weighted by molar-refractivity contribution is 7.92. The number of methoxy groups -OCH3 is 1. The van der Waals surface area contributed by atoms with E-state index in [9.17, 15) is 13.2 Å². The standard InChI is InChI=1S/C26H30N2O4S/c1-6-23(20-12-15-25(32-5)18(3)16-20)27-26(29)22-8-7-9-24(19(22)4)28-33(30,31)21-13-10-17(2)11-14-21/h7-16,23,28H,6H2,1-5H3,(H,27,29)/t23-/m0/s1. The van der Waals surface area contributed by atoms with Crippen molar-refractivity contribution in [2.24, 2.45) is 0 Å². The zero-order chi connectivity index (χ0) is 24.2. The van der Waals surface area contributed by atoms with Gasteiger partial charge in [0, 0.05) is 5.56 Å². The van der Waals surface area contributed by atoms with Gasteiger partial charge in [-0.1, -0.05) is 42.8 Å². The van der Waals surface area contributed by atoms with Gasteiger partial charge in [0.05, 0.1) is 23.7 Å². The molecule has 1 atom stereocenters. The molecule has 0 aliphatic heterocycles. The predicted octanol–water partition coefficient (Wildman–Crippen LogP) is 5.30. The number of aryl methyl sites for hydroxylation is 2. The van der Waals surface area contributed by atoms with Crippen LogP contribution in [0.1, 0.15) is 52.0 Å². The Bertz CT molecular complexity index is 1250. The van der Waals surface area contributed by atoms with Gasteiger partial charge in [-0.05, 0) is 74.2 Å². The lowest BCUT2D eigenvalue weighted by Gasteiger charge is -2.20. The highest BCUT2D eigenvalue weighted by Gasteiger charge is 2.20. The minimum absolute atomic E-state index is 0.170. The Hall–Kier alpha value is -3.32. The molecular weight excluding hydrogens is 436 g/mol. The van der Waals surface area contributed by atoms with Crippen LogP contribution in [0.5, 0.6) is 5.75 Å². The molecule has 0 aromatic heterocycles. The third-order valence-electron chi connectivity index (χ3n) is 5.69. The Morgan fingerprint density at radius 2 is 1.70 bits per heavy atom. The second-order valence-electron chi connectivity index (χ2n) is 8.06. The fraction of sp³-hybridized carbons (Fsp3) is 0.269. The van der Waals surface area contributed by atoms with E-state index >= 15 is 0 Å². The third-order valence-corrected chi connectivity index (χ3v) is 7.07. The molecule has 0 heterocycles. The fourth-order valence-electron chi connectivity index (χ4n) is 3.69. The summed E-state index contributed by atoms with van der Waals surface area (Å²) in [6.45, 7) is 7.60. The molecule has 0 saturated carbocycles. The van der Waals surface area contributed by atoms with E-state index in [2.05, 4.69) is 10.0 Å². The summed E-state index contributed by atoms with van der Waals surface area (Å²) < 4.78 is 33.6. The van der Waals surface area contributed by atoms with Crippen LogP contribution in [0.3, 0.4) is 0 Å². The summed E-state index contributed by atoms with van der Waals surface area (Å²) in [6.07, 6.45) is 0.705. The molecule has 33 heavy (non-hydrogen) atoms. The van der Waals surface area contributed by atoms with Gasteiger partial charge in [-0.3, -0.25) is 9.52 Å². The second kappa shape index (κ2) is 10.1. The summed E-state index contributed by atoms with van der Waals surface area (Å²) in [4.78, 5) is 13.3. The van der Waals surface area contributed by atoms with Gasteiger partial charge in [0.15, 0.2) is 0 Å². The number of rotatable bonds is 8. The zero-order valence-corrected chi connectivity index (χ0v) is 20.4. The first-order chi connectivity index (χ1) is 15.7. The van der Waals surface area contributed by atoms with Crippen LogP contribution < -0.4 is 14.8 Å². The van der Waals surface area contributed by atoms with E-state index in [0.29, 0.717) is 23.2 Å². The molecule has 0 fully saturated rings. The number of amides is 1. The Balaban J connectivity index is 1.83. The number of anilines is 1. The summed E-state index contributed by atoms with van der Waals surface area (Å²) in [5.74, 6) is 0.536. The molecule has 3 aromatic carbocycles. The van der Waals surface area contributed by atoms with Crippen molar-refractivity contribution in [3.63, 3.8) is 0 Å². The molecule has 0 aliphatic carbocycles. The Kier molecular flexibility index (Phi) is 7.43. The van der Waals surface area contributed by atoms with Crippen molar-refractivity contribution in [3.8, 4) is 5.75 Å². The van der Waals surface area contributed by atoms with E-state index in [1.54, 1.807) is 56.5 Å². The Morgan fingerprint density at radius 1 is 1.00 bits per heavy atom. The monoisotopic (exact) mass is 466 g/mol. The van der Waals surface area contributed by atoms with Gasteiger partial charge < -0.3 is 10.1 Å². The molecule has 0 radical (unpaired) electrons. The normalized spacial score (nSPS) is 12.2. The number of nitrogens with one attached hydrogen (secondary N) is 2. The van der Waals surface area contributed by atoms with Crippen molar-refractivity contribution < 1.29 is 17.9 Å². The van der Waals surface area contributed by atoms with Crippen molar-refractivity contribution >= 4 is 21.6 Å². The summed E-state index contributed by atoms with van der Waals surface area (Å²) in [5, 5.41) is 3.08. The molecule has 0 saturated heterocycles. The molecule has 3 rings (SSSR count). The quantitative estimate of drug-likeness (QED) is 0.472. The summed E-state index contributed by atoms with van der Waals surface area (Å²) in [7, 11) is -2.14. The Morgan fingerprint density at radius 3 is 2.30 bits per heavy atom. The van der Waals surface area contributed by atoms with Crippen molar-refractivity contribution in [1.82, 2.24) is 5.32 Å². The van der Waals surface area contributed by atoms with Crippen LogP contribution in [-0.2, 0) is 10.0 Å². The van der Waals surface area contributed by atoms with Gasteiger partial charge in [0.25, 0.3) is 15.9 Å². The molecule has 0 aliphatic rings. The number of benzene rings is 3. The van der Waals surface area contributed by atoms with Crippen LogP contribution in [0.15, 0.2) is 65.6 Å². The van der Waals surface area contributed by atoms with Crippen LogP contribution in [0.2, 0.25) is 0 Å². The third kappa shape index (κ3) is 5.54. The van der Waals surface area contributed by atoms with E-state index in [0.717, 1.165) is 22.4 Å². The van der Waals surface area contributed by atoms with E-state index in [1.165, 1.54) is 0 Å². The number of carbonyl (C=O) groups excluding carboxylic acids is 1. The minimum atomic E-state index is -3.77. The van der Waals surface area contributed by atoms with Gasteiger partial charge in [0.1, 0.15) is 5.75 Å². The smallest absolute Gasteiger partial charge is 0.261 e. The maximum absolute atomic E-state index is 13.1. The average Bonchev–Trinajstić information content (AvgIpc) is 2.78. The number of hydrogen-bond donors (Lipinski definition) is 2. The first kappa shape index (κ1) is 24.3. The highest BCUT2D eigenvalue weighted by Crippen LogP contribution is 2.26. The van der Waals surface area contributed by atoms with Gasteiger partial charge in [-0.15, -0.1) is 0 Å². The molecule has 0 spiro atoms. The van der Waals surface area contributed by atoms with E-state index in [1.807, 2.05) is 39.0 Å². The first-order valence-electron chi connectivity index (χ1n) is 10.8. The second-order valence-corrected chi connectivity index (χ2v) is 9.74. The van der Waals surface area contributed by atoms with Gasteiger partial charge in [0.2, 0.25) is 0 Å². The number of hydrogen-bond acceptors (Lipinski definition) is 4. The summed E-state index contributed by atoms with van der Waals surface area (Å²) in [5.41, 5.74) is 4.30. The highest BCUT2D eigenvalue weighted by atomic mass is 32.2. The molecule has 174 valence electrons. The number of ether oxygens (including phenoxy) is 1. The van der Waals surface area contributed by atoms with E-state index < -0.39 is 10.0 Å². The van der Waals surface area contributed by atoms with Gasteiger partial charge in [-0.2, -0.15) is 0 Å². The molecule has 1 amide bonds. The van der Waals surface area contributed by atoms with Crippen molar-refractivity contribution in [2.75, 3.05) is 11.8 Å². The number of carbonyl (C=O) groups is 1. The predicted molar refractivity (Wildman–Crippen MR) is 131 cm³/mol. The number of sulfonamides is 1. The lowest BCUT2D eigenvalue weighted by Crippen LogP contribution is -2.29. The van der Waals surface area contributed by atoms with E-state index in [4.69, 9.17) is 4.74 Å². The van der Waals surface area contributed by atoms with Crippen molar-refractivity contribution in [2.45, 2.75) is 45.1 Å². The molecule has 6 nitrogen and oxygen atoms in total. The molecule has 7 heteroatoms. The summed E-state index contributed by atoms with van der Waals surface area (Å²) in [6, 6.07) is 17.3. The topological polar surface area (TPSA) is 84.5 Å². The van der Waals surface area contributed by atoms with Crippen LogP contribution in [0, 0.1) is 20.8 Å².